The van der Waals surface area contributed by atoms with Gasteiger partial charge in [-0.05, 0) is 54.2 Å². The van der Waals surface area contributed by atoms with Crippen molar-refractivity contribution < 1.29 is 19.0 Å². The maximum Gasteiger partial charge on any atom is 0.269 e. The Labute approximate surface area is 214 Å². The molecule has 0 aliphatic heterocycles. The highest BCUT2D eigenvalue weighted by atomic mass is 16.5. The van der Waals surface area contributed by atoms with E-state index in [9.17, 15) is 4.79 Å². The lowest BCUT2D eigenvalue weighted by Gasteiger charge is -2.15. The lowest BCUT2D eigenvalue weighted by atomic mass is 10.0. The number of rotatable bonds is 15. The second-order valence-corrected chi connectivity index (χ2v) is 8.87. The first-order valence-corrected chi connectivity index (χ1v) is 12.8. The summed E-state index contributed by atoms with van der Waals surface area (Å²) < 4.78 is 18.4. The van der Waals surface area contributed by atoms with Gasteiger partial charge in [0.15, 0.2) is 11.5 Å². The molecule has 0 radical (unpaired) electrons. The van der Waals surface area contributed by atoms with Crippen molar-refractivity contribution in [1.82, 2.24) is 14.9 Å². The quantitative estimate of drug-likeness (QED) is 0.267. The van der Waals surface area contributed by atoms with Gasteiger partial charge in [0.05, 0.1) is 26.7 Å². The van der Waals surface area contributed by atoms with E-state index in [0.29, 0.717) is 36.3 Å². The summed E-state index contributed by atoms with van der Waals surface area (Å²) in [6, 6.07) is 13.8. The van der Waals surface area contributed by atoms with E-state index in [-0.39, 0.29) is 5.91 Å². The van der Waals surface area contributed by atoms with E-state index in [1.807, 2.05) is 42.5 Å². The van der Waals surface area contributed by atoms with Crippen molar-refractivity contribution in [3.05, 3.63) is 60.7 Å². The SMILES string of the molecule is CCCC[C@H](CC)COCCCNC(=O)c1cncn1-c1cccc(-c2ccc(OC)c(OC)c2)c1. The number of benzene rings is 2. The number of carbonyl (C=O) groups excluding carboxylic acids is 1. The molecule has 1 heterocycles. The fourth-order valence-electron chi connectivity index (χ4n) is 4.13. The first-order chi connectivity index (χ1) is 17.6. The highest BCUT2D eigenvalue weighted by Crippen LogP contribution is 2.33. The standard InChI is InChI=1S/C29H39N3O4/c1-5-7-10-22(6-2)20-36-16-9-15-31-29(33)26-19-30-21-32(26)25-12-8-11-23(17-25)24-13-14-27(34-3)28(18-24)35-4/h8,11-14,17-19,21-22H,5-7,9-10,15-16,20H2,1-4H3,(H,31,33)/t22-/m0/s1. The second kappa shape index (κ2) is 14.3. The molecule has 2 aromatic carbocycles. The van der Waals surface area contributed by atoms with Crippen LogP contribution < -0.4 is 14.8 Å². The summed E-state index contributed by atoms with van der Waals surface area (Å²) in [6.45, 7) is 6.44. The molecule has 3 aromatic rings. The third-order valence-corrected chi connectivity index (χ3v) is 6.36. The molecule has 0 unspecified atom stereocenters. The van der Waals surface area contributed by atoms with Crippen molar-refractivity contribution in [2.24, 2.45) is 5.92 Å². The van der Waals surface area contributed by atoms with Crippen molar-refractivity contribution in [3.8, 4) is 28.3 Å². The molecule has 0 aliphatic rings. The minimum absolute atomic E-state index is 0.154. The van der Waals surface area contributed by atoms with Gasteiger partial charge in [-0.25, -0.2) is 4.98 Å². The van der Waals surface area contributed by atoms with Crippen LogP contribution in [0, 0.1) is 5.92 Å². The lowest BCUT2D eigenvalue weighted by Crippen LogP contribution is -2.27. The Morgan fingerprint density at radius 1 is 1.03 bits per heavy atom. The number of hydrogen-bond donors (Lipinski definition) is 1. The zero-order valence-corrected chi connectivity index (χ0v) is 22.0. The van der Waals surface area contributed by atoms with Crippen LogP contribution in [0.1, 0.15) is 56.4 Å². The number of carbonyl (C=O) groups is 1. The van der Waals surface area contributed by atoms with Crippen molar-refractivity contribution in [2.75, 3.05) is 34.0 Å². The van der Waals surface area contributed by atoms with Crippen LogP contribution in [0.25, 0.3) is 16.8 Å². The number of unbranched alkanes of at least 4 members (excludes halogenated alkanes) is 1. The Hall–Kier alpha value is -3.32. The molecule has 0 spiro atoms. The number of imidazole rings is 1. The predicted molar refractivity (Wildman–Crippen MR) is 143 cm³/mol. The number of nitrogens with one attached hydrogen (secondary N) is 1. The minimum atomic E-state index is -0.154. The van der Waals surface area contributed by atoms with Gasteiger partial charge in [0.2, 0.25) is 0 Å². The molecule has 0 fully saturated rings. The number of ether oxygens (including phenoxy) is 3. The smallest absolute Gasteiger partial charge is 0.269 e. The van der Waals surface area contributed by atoms with Gasteiger partial charge in [-0.2, -0.15) is 0 Å². The van der Waals surface area contributed by atoms with Crippen LogP contribution in [-0.4, -0.2) is 49.4 Å². The zero-order chi connectivity index (χ0) is 25.8. The topological polar surface area (TPSA) is 74.6 Å². The Kier molecular flexibility index (Phi) is 10.8. The van der Waals surface area contributed by atoms with Gasteiger partial charge in [-0.3, -0.25) is 9.36 Å². The molecule has 1 N–H and O–H groups in total. The van der Waals surface area contributed by atoms with Crippen LogP contribution in [-0.2, 0) is 4.74 Å². The molecule has 36 heavy (non-hydrogen) atoms. The molecule has 3 rings (SSSR count). The molecule has 1 amide bonds. The Balaban J connectivity index is 1.58. The van der Waals surface area contributed by atoms with Crippen LogP contribution in [0.5, 0.6) is 11.5 Å². The van der Waals surface area contributed by atoms with E-state index >= 15 is 0 Å². The summed E-state index contributed by atoms with van der Waals surface area (Å²) in [5, 5.41) is 3.00. The van der Waals surface area contributed by atoms with Crippen LogP contribution in [0.4, 0.5) is 0 Å². The molecule has 0 aliphatic carbocycles. The van der Waals surface area contributed by atoms with Gasteiger partial charge >= 0.3 is 0 Å². The summed E-state index contributed by atoms with van der Waals surface area (Å²) >= 11 is 0. The van der Waals surface area contributed by atoms with Crippen LogP contribution in [0.15, 0.2) is 55.0 Å². The highest BCUT2D eigenvalue weighted by molar-refractivity contribution is 5.93. The van der Waals surface area contributed by atoms with Crippen LogP contribution in [0.3, 0.4) is 0 Å². The van der Waals surface area contributed by atoms with Crippen LogP contribution >= 0.6 is 0 Å². The van der Waals surface area contributed by atoms with E-state index in [1.54, 1.807) is 31.3 Å². The van der Waals surface area contributed by atoms with Crippen LogP contribution in [0.2, 0.25) is 0 Å². The molecule has 0 saturated heterocycles. The number of aromatic nitrogens is 2. The Morgan fingerprint density at radius 2 is 1.83 bits per heavy atom. The molecular formula is C29H39N3O4. The van der Waals surface area contributed by atoms with Gasteiger partial charge < -0.3 is 19.5 Å². The lowest BCUT2D eigenvalue weighted by molar-refractivity contribution is 0.0872. The van der Waals surface area contributed by atoms with Gasteiger partial charge in [0.25, 0.3) is 5.91 Å². The summed E-state index contributed by atoms with van der Waals surface area (Å²) in [4.78, 5) is 17.1. The van der Waals surface area contributed by atoms with Gasteiger partial charge in [0.1, 0.15) is 5.69 Å². The Morgan fingerprint density at radius 3 is 2.58 bits per heavy atom. The largest absolute Gasteiger partial charge is 0.493 e. The molecule has 1 atom stereocenters. The summed E-state index contributed by atoms with van der Waals surface area (Å²) in [6.07, 6.45) is 8.87. The van der Waals surface area contributed by atoms with Crippen molar-refractivity contribution in [3.63, 3.8) is 0 Å². The highest BCUT2D eigenvalue weighted by Gasteiger charge is 2.14. The first-order valence-electron chi connectivity index (χ1n) is 12.8. The molecule has 7 heteroatoms. The third kappa shape index (κ3) is 7.34. The monoisotopic (exact) mass is 493 g/mol. The van der Waals surface area contributed by atoms with Crippen molar-refractivity contribution in [1.29, 1.82) is 0 Å². The predicted octanol–water partition coefficient (Wildman–Crippen LogP) is 5.91. The molecule has 7 nitrogen and oxygen atoms in total. The van der Waals surface area contributed by atoms with Crippen molar-refractivity contribution >= 4 is 5.91 Å². The van der Waals surface area contributed by atoms with E-state index in [4.69, 9.17) is 14.2 Å². The summed E-state index contributed by atoms with van der Waals surface area (Å²) in [5.74, 6) is 1.82. The average Bonchev–Trinajstić information content (AvgIpc) is 3.42. The minimum Gasteiger partial charge on any atom is -0.493 e. The molecule has 0 saturated carbocycles. The first kappa shape index (κ1) is 27.3. The van der Waals surface area contributed by atoms with E-state index in [2.05, 4.69) is 24.1 Å². The summed E-state index contributed by atoms with van der Waals surface area (Å²) in [5.41, 5.74) is 3.33. The van der Waals surface area contributed by atoms with E-state index in [0.717, 1.165) is 36.3 Å². The third-order valence-electron chi connectivity index (χ3n) is 6.36. The second-order valence-electron chi connectivity index (χ2n) is 8.87. The fourth-order valence-corrected chi connectivity index (χ4v) is 4.13. The molecule has 1 aromatic heterocycles. The average molecular weight is 494 g/mol. The van der Waals surface area contributed by atoms with Crippen molar-refractivity contribution in [2.45, 2.75) is 46.0 Å². The number of hydrogen-bond acceptors (Lipinski definition) is 5. The molecule has 0 bridgehead atoms. The number of amides is 1. The maximum absolute atomic E-state index is 12.9. The van der Waals surface area contributed by atoms with Gasteiger partial charge in [0, 0.05) is 25.4 Å². The van der Waals surface area contributed by atoms with E-state index in [1.165, 1.54) is 19.3 Å². The number of methoxy groups -OCH3 is 2. The fraction of sp³-hybridized carbons (Fsp3) is 0.448. The maximum atomic E-state index is 12.9. The number of nitrogens with zero attached hydrogens (tertiary/aromatic N) is 2. The Bertz CT molecular complexity index is 1100. The van der Waals surface area contributed by atoms with E-state index < -0.39 is 0 Å². The zero-order valence-electron chi connectivity index (χ0n) is 22.0. The van der Waals surface area contributed by atoms with Gasteiger partial charge in [-0.1, -0.05) is 51.3 Å². The van der Waals surface area contributed by atoms with Gasteiger partial charge in [-0.15, -0.1) is 0 Å². The molecule has 194 valence electrons. The molecular weight excluding hydrogens is 454 g/mol. The normalized spacial score (nSPS) is 11.8. The summed E-state index contributed by atoms with van der Waals surface area (Å²) in [7, 11) is 3.24.